The van der Waals surface area contributed by atoms with Gasteiger partial charge in [0.25, 0.3) is 0 Å². The molecule has 3 aromatic carbocycles. The van der Waals surface area contributed by atoms with E-state index in [1.165, 1.54) is 22.9 Å². The number of aromatic nitrogens is 2. The summed E-state index contributed by atoms with van der Waals surface area (Å²) in [4.78, 5) is 16.9. The molecular weight excluding hydrogens is 366 g/mol. The van der Waals surface area contributed by atoms with E-state index in [1.807, 2.05) is 47.2 Å². The third kappa shape index (κ3) is 3.94. The highest BCUT2D eigenvalue weighted by Gasteiger charge is 2.11. The number of nitrogens with one attached hydrogen (secondary N) is 1. The lowest BCUT2D eigenvalue weighted by molar-refractivity contribution is -0.113. The minimum absolute atomic E-state index is 0.0459. The minimum atomic E-state index is -0.0459. The molecule has 5 heteroatoms. The summed E-state index contributed by atoms with van der Waals surface area (Å²) in [5, 5.41) is 6.05. The van der Waals surface area contributed by atoms with E-state index in [2.05, 4.69) is 48.4 Å². The molecule has 0 aliphatic heterocycles. The number of hydrogen-bond donors (Lipinski definition) is 1. The van der Waals surface area contributed by atoms with Crippen LogP contribution in [0.25, 0.3) is 16.5 Å². The van der Waals surface area contributed by atoms with Crippen LogP contribution in [0.2, 0.25) is 0 Å². The average Bonchev–Trinajstić information content (AvgIpc) is 3.14. The predicted octanol–water partition coefficient (Wildman–Crippen LogP) is 5.37. The number of anilines is 1. The van der Waals surface area contributed by atoms with Gasteiger partial charge < -0.3 is 5.32 Å². The molecule has 0 aliphatic rings. The molecule has 28 heavy (non-hydrogen) atoms. The normalized spacial score (nSPS) is 10.9. The summed E-state index contributed by atoms with van der Waals surface area (Å²) < 4.78 is 2.03. The van der Waals surface area contributed by atoms with Gasteiger partial charge in [-0.05, 0) is 48.4 Å². The average molecular weight is 388 g/mol. The zero-order valence-corrected chi connectivity index (χ0v) is 16.7. The molecule has 0 radical (unpaired) electrons. The summed E-state index contributed by atoms with van der Waals surface area (Å²) in [5.41, 5.74) is 4.30. The van der Waals surface area contributed by atoms with Gasteiger partial charge in [-0.3, -0.25) is 9.36 Å². The van der Waals surface area contributed by atoms with Gasteiger partial charge in [-0.1, -0.05) is 59.8 Å². The van der Waals surface area contributed by atoms with E-state index in [1.54, 1.807) is 6.20 Å². The molecule has 0 bridgehead atoms. The summed E-state index contributed by atoms with van der Waals surface area (Å²) in [5.74, 6) is 0.254. The Morgan fingerprint density at radius 1 is 1.04 bits per heavy atom. The summed E-state index contributed by atoms with van der Waals surface area (Å²) in [6.07, 6.45) is 3.70. The fourth-order valence-corrected chi connectivity index (χ4v) is 4.02. The van der Waals surface area contributed by atoms with Gasteiger partial charge in [0.05, 0.1) is 11.4 Å². The second-order valence-electron chi connectivity index (χ2n) is 6.77. The van der Waals surface area contributed by atoms with Gasteiger partial charge in [0, 0.05) is 18.1 Å². The van der Waals surface area contributed by atoms with Gasteiger partial charge >= 0.3 is 0 Å². The lowest BCUT2D eigenvalue weighted by Crippen LogP contribution is -2.14. The van der Waals surface area contributed by atoms with E-state index in [4.69, 9.17) is 0 Å². The maximum absolute atomic E-state index is 12.4. The lowest BCUT2D eigenvalue weighted by atomic mass is 10.1. The van der Waals surface area contributed by atoms with Crippen LogP contribution in [0.4, 0.5) is 5.69 Å². The molecule has 4 nitrogen and oxygen atoms in total. The molecule has 4 aromatic rings. The van der Waals surface area contributed by atoms with Gasteiger partial charge in [-0.15, -0.1) is 0 Å². The van der Waals surface area contributed by atoms with Crippen molar-refractivity contribution in [2.45, 2.75) is 19.0 Å². The van der Waals surface area contributed by atoms with E-state index in [0.717, 1.165) is 27.3 Å². The Balaban J connectivity index is 1.44. The van der Waals surface area contributed by atoms with Gasteiger partial charge in [-0.25, -0.2) is 4.98 Å². The van der Waals surface area contributed by atoms with Gasteiger partial charge in [0.2, 0.25) is 5.91 Å². The Hall–Kier alpha value is -3.05. The number of imidazole rings is 1. The van der Waals surface area contributed by atoms with E-state index in [-0.39, 0.29) is 5.91 Å². The summed E-state index contributed by atoms with van der Waals surface area (Å²) >= 11 is 1.43. The van der Waals surface area contributed by atoms with Gasteiger partial charge in [0.15, 0.2) is 5.16 Å². The zero-order valence-electron chi connectivity index (χ0n) is 15.8. The molecule has 4 rings (SSSR count). The van der Waals surface area contributed by atoms with Crippen molar-refractivity contribution in [1.82, 2.24) is 9.55 Å². The van der Waals surface area contributed by atoms with E-state index in [0.29, 0.717) is 5.75 Å². The Morgan fingerprint density at radius 2 is 1.86 bits per heavy atom. The molecule has 0 saturated heterocycles. The maximum Gasteiger partial charge on any atom is 0.234 e. The van der Waals surface area contributed by atoms with Crippen molar-refractivity contribution in [3.05, 3.63) is 84.2 Å². The fourth-order valence-electron chi connectivity index (χ4n) is 3.25. The number of thioether (sulfide) groups is 1. The van der Waals surface area contributed by atoms with Crippen LogP contribution in [-0.4, -0.2) is 21.2 Å². The molecule has 1 aromatic heterocycles. The second-order valence-corrected chi connectivity index (χ2v) is 7.71. The minimum Gasteiger partial charge on any atom is -0.325 e. The molecule has 0 atom stereocenters. The van der Waals surface area contributed by atoms with Crippen LogP contribution < -0.4 is 5.32 Å². The van der Waals surface area contributed by atoms with Crippen LogP contribution in [-0.2, 0) is 4.79 Å². The molecule has 0 spiro atoms. The highest BCUT2D eigenvalue weighted by atomic mass is 32.2. The summed E-state index contributed by atoms with van der Waals surface area (Å²) in [6, 6.07) is 20.4. The predicted molar refractivity (Wildman–Crippen MR) is 116 cm³/mol. The van der Waals surface area contributed by atoms with Crippen molar-refractivity contribution in [1.29, 1.82) is 0 Å². The number of nitrogens with zero attached hydrogens (tertiary/aromatic N) is 2. The number of rotatable bonds is 5. The Morgan fingerprint density at radius 3 is 2.68 bits per heavy atom. The molecule has 0 aliphatic carbocycles. The standard InChI is InChI=1S/C23H21N3OS/c1-16-7-10-21(17(2)13-16)26-12-11-24-23(26)28-15-22(27)25-20-9-8-18-5-3-4-6-19(18)14-20/h3-14H,15H2,1-2H3,(H,25,27). The number of benzene rings is 3. The van der Waals surface area contributed by atoms with Crippen LogP contribution >= 0.6 is 11.8 Å². The number of carbonyl (C=O) groups is 1. The van der Waals surface area contributed by atoms with Crippen LogP contribution in [0.3, 0.4) is 0 Å². The Kier molecular flexibility index (Phi) is 5.17. The first-order valence-corrected chi connectivity index (χ1v) is 10.1. The van der Waals surface area contributed by atoms with Crippen molar-refractivity contribution in [2.24, 2.45) is 0 Å². The third-order valence-electron chi connectivity index (χ3n) is 4.58. The Bertz CT molecular complexity index is 1150. The number of amides is 1. The smallest absolute Gasteiger partial charge is 0.234 e. The van der Waals surface area contributed by atoms with Crippen molar-refractivity contribution in [3.8, 4) is 5.69 Å². The molecule has 1 heterocycles. The summed E-state index contributed by atoms with van der Waals surface area (Å²) in [7, 11) is 0. The Labute approximate surface area is 168 Å². The summed E-state index contributed by atoms with van der Waals surface area (Å²) in [6.45, 7) is 4.17. The van der Waals surface area contributed by atoms with Gasteiger partial charge in [0.1, 0.15) is 0 Å². The third-order valence-corrected chi connectivity index (χ3v) is 5.55. The number of carbonyl (C=O) groups excluding carboxylic acids is 1. The van der Waals surface area contributed by atoms with E-state index in [9.17, 15) is 4.79 Å². The molecular formula is C23H21N3OS. The van der Waals surface area contributed by atoms with E-state index >= 15 is 0 Å². The molecule has 0 unspecified atom stereocenters. The quantitative estimate of drug-likeness (QED) is 0.468. The monoisotopic (exact) mass is 387 g/mol. The molecule has 1 N–H and O–H groups in total. The van der Waals surface area contributed by atoms with Crippen LogP contribution in [0.15, 0.2) is 78.2 Å². The number of hydrogen-bond acceptors (Lipinski definition) is 3. The second kappa shape index (κ2) is 7.90. The highest BCUT2D eigenvalue weighted by Crippen LogP contribution is 2.24. The fraction of sp³-hybridized carbons (Fsp3) is 0.130. The topological polar surface area (TPSA) is 46.9 Å². The van der Waals surface area contributed by atoms with Crippen LogP contribution in [0.1, 0.15) is 11.1 Å². The number of fused-ring (bicyclic) bond motifs is 1. The maximum atomic E-state index is 12.4. The molecule has 1 amide bonds. The zero-order chi connectivity index (χ0) is 19.5. The lowest BCUT2D eigenvalue weighted by Gasteiger charge is -2.11. The van der Waals surface area contributed by atoms with Crippen molar-refractivity contribution in [2.75, 3.05) is 11.1 Å². The first-order chi connectivity index (χ1) is 13.6. The molecule has 0 saturated carbocycles. The molecule has 140 valence electrons. The van der Waals surface area contributed by atoms with Crippen molar-refractivity contribution in [3.63, 3.8) is 0 Å². The first-order valence-electron chi connectivity index (χ1n) is 9.12. The van der Waals surface area contributed by atoms with Crippen LogP contribution in [0.5, 0.6) is 0 Å². The molecule has 0 fully saturated rings. The first kappa shape index (κ1) is 18.3. The largest absolute Gasteiger partial charge is 0.325 e. The van der Waals surface area contributed by atoms with E-state index < -0.39 is 0 Å². The number of aryl methyl sites for hydroxylation is 2. The van der Waals surface area contributed by atoms with Crippen LogP contribution in [0, 0.1) is 13.8 Å². The van der Waals surface area contributed by atoms with Crippen molar-refractivity contribution < 1.29 is 4.79 Å². The van der Waals surface area contributed by atoms with Crippen molar-refractivity contribution >= 4 is 34.1 Å². The SMILES string of the molecule is Cc1ccc(-n2ccnc2SCC(=O)Nc2ccc3ccccc3c2)c(C)c1. The van der Waals surface area contributed by atoms with Gasteiger partial charge in [-0.2, -0.15) is 0 Å². The highest BCUT2D eigenvalue weighted by molar-refractivity contribution is 7.99.